The lowest BCUT2D eigenvalue weighted by Gasteiger charge is -2.44. The molecule has 6 nitrogen and oxygen atoms in total. The van der Waals surface area contributed by atoms with E-state index in [2.05, 4.69) is 5.32 Å². The smallest absolute Gasteiger partial charge is 0.437 e. The van der Waals surface area contributed by atoms with E-state index in [9.17, 15) is 32.3 Å². The van der Waals surface area contributed by atoms with Gasteiger partial charge in [-0.2, -0.15) is 13.2 Å². The van der Waals surface area contributed by atoms with Gasteiger partial charge in [0.05, 0.1) is 5.02 Å². The van der Waals surface area contributed by atoms with Gasteiger partial charge in [0.25, 0.3) is 0 Å². The van der Waals surface area contributed by atoms with E-state index < -0.39 is 41.5 Å². The molecule has 0 spiro atoms. The summed E-state index contributed by atoms with van der Waals surface area (Å²) in [6.45, 7) is 0. The van der Waals surface area contributed by atoms with Gasteiger partial charge in [-0.05, 0) is 48.5 Å². The van der Waals surface area contributed by atoms with Crippen LogP contribution in [0.4, 0.5) is 22.4 Å². The molecule has 3 atom stereocenters. The van der Waals surface area contributed by atoms with E-state index >= 15 is 0 Å². The Morgan fingerprint density at radius 2 is 1.73 bits per heavy atom. The third-order valence-electron chi connectivity index (χ3n) is 5.29. The van der Waals surface area contributed by atoms with Gasteiger partial charge >= 0.3 is 12.2 Å². The zero-order chi connectivity index (χ0) is 24.0. The first-order chi connectivity index (χ1) is 15.5. The third-order valence-corrected chi connectivity index (χ3v) is 5.62. The highest BCUT2D eigenvalue weighted by Gasteiger charge is 2.66. The molecule has 1 saturated heterocycles. The summed E-state index contributed by atoms with van der Waals surface area (Å²) in [4.78, 5) is 25.2. The first-order valence-corrected chi connectivity index (χ1v) is 9.91. The van der Waals surface area contributed by atoms with Crippen LogP contribution in [0.15, 0.2) is 65.1 Å². The van der Waals surface area contributed by atoms with Crippen molar-refractivity contribution in [2.45, 2.75) is 17.9 Å². The number of halogens is 5. The lowest BCUT2D eigenvalue weighted by Crippen LogP contribution is -2.72. The quantitative estimate of drug-likeness (QED) is 0.366. The average Bonchev–Trinajstić information content (AvgIpc) is 3.23. The molecule has 11 heteroatoms. The molecular formula is C22H15ClF4N2O4. The van der Waals surface area contributed by atoms with Gasteiger partial charge in [-0.15, -0.1) is 0 Å². The number of hydrogen-bond donors (Lipinski definition) is 3. The fraction of sp³-hybridized carbons (Fsp3) is 0.182. The van der Waals surface area contributed by atoms with Crippen molar-refractivity contribution in [3.63, 3.8) is 0 Å². The molecule has 2 heterocycles. The molecule has 0 unspecified atom stereocenters. The fourth-order valence-electron chi connectivity index (χ4n) is 3.70. The molecule has 2 aromatic carbocycles. The molecule has 0 bridgehead atoms. The van der Waals surface area contributed by atoms with Gasteiger partial charge in [-0.1, -0.05) is 23.7 Å². The minimum atomic E-state index is -5.43. The average molecular weight is 483 g/mol. The maximum absolute atomic E-state index is 13.9. The van der Waals surface area contributed by atoms with E-state index in [1.54, 1.807) is 24.3 Å². The molecule has 3 aromatic rings. The van der Waals surface area contributed by atoms with Crippen LogP contribution in [0, 0.1) is 11.7 Å². The van der Waals surface area contributed by atoms with Gasteiger partial charge in [0.2, 0.25) is 5.72 Å². The minimum absolute atomic E-state index is 0.173. The predicted molar refractivity (Wildman–Crippen MR) is 109 cm³/mol. The van der Waals surface area contributed by atoms with Crippen molar-refractivity contribution in [2.24, 2.45) is 5.92 Å². The predicted octanol–water partition coefficient (Wildman–Crippen LogP) is 4.84. The molecule has 0 saturated carbocycles. The Labute approximate surface area is 189 Å². The Morgan fingerprint density at radius 3 is 2.36 bits per heavy atom. The minimum Gasteiger partial charge on any atom is -0.459 e. The van der Waals surface area contributed by atoms with Crippen molar-refractivity contribution in [3.8, 4) is 11.3 Å². The number of urea groups is 1. The third kappa shape index (κ3) is 4.07. The summed E-state index contributed by atoms with van der Waals surface area (Å²) in [6.07, 6.45) is -5.43. The van der Waals surface area contributed by atoms with Crippen molar-refractivity contribution >= 4 is 23.4 Å². The lowest BCUT2D eigenvalue weighted by atomic mass is 9.79. The molecule has 1 aliphatic heterocycles. The molecular weight excluding hydrogens is 468 g/mol. The van der Waals surface area contributed by atoms with Gasteiger partial charge < -0.3 is 20.2 Å². The van der Waals surface area contributed by atoms with Crippen LogP contribution in [0.5, 0.6) is 0 Å². The standard InChI is InChI=1S/C22H15ClF4N2O4/c23-14-4-2-1-3-13(14)15-9-10-16(33-15)18-17(19(30)11-5-7-12(24)8-6-11)21(32,22(25,26)27)29-20(31)28-18/h1-10,17-18,32H,(H2,28,29,31)/t17-,18+,21+/m1/s1. The van der Waals surface area contributed by atoms with E-state index in [0.29, 0.717) is 10.6 Å². The number of benzene rings is 2. The van der Waals surface area contributed by atoms with Gasteiger partial charge in [0.15, 0.2) is 5.78 Å². The number of carbonyl (C=O) groups is 2. The van der Waals surface area contributed by atoms with Crippen LogP contribution in [0.25, 0.3) is 11.3 Å². The highest BCUT2D eigenvalue weighted by atomic mass is 35.5. The van der Waals surface area contributed by atoms with E-state index in [-0.39, 0.29) is 17.1 Å². The van der Waals surface area contributed by atoms with Gasteiger partial charge in [0, 0.05) is 11.1 Å². The molecule has 0 aliphatic carbocycles. The number of ketones is 1. The van der Waals surface area contributed by atoms with Crippen molar-refractivity contribution in [2.75, 3.05) is 0 Å². The summed E-state index contributed by atoms with van der Waals surface area (Å²) < 4.78 is 60.8. The van der Waals surface area contributed by atoms with Gasteiger partial charge in [-0.25, -0.2) is 9.18 Å². The van der Waals surface area contributed by atoms with Crippen LogP contribution in [-0.2, 0) is 0 Å². The monoisotopic (exact) mass is 482 g/mol. The Kier molecular flexibility index (Phi) is 5.67. The van der Waals surface area contributed by atoms with Gasteiger partial charge in [-0.3, -0.25) is 4.79 Å². The van der Waals surface area contributed by atoms with Crippen LogP contribution >= 0.6 is 11.6 Å². The molecule has 3 N–H and O–H groups in total. The second-order valence-electron chi connectivity index (χ2n) is 7.37. The van der Waals surface area contributed by atoms with E-state index in [1.165, 1.54) is 17.4 Å². The summed E-state index contributed by atoms with van der Waals surface area (Å²) in [5.74, 6) is -4.25. The highest BCUT2D eigenvalue weighted by Crippen LogP contribution is 2.45. The molecule has 1 aromatic heterocycles. The fourth-order valence-corrected chi connectivity index (χ4v) is 3.92. The topological polar surface area (TPSA) is 91.6 Å². The zero-order valence-electron chi connectivity index (χ0n) is 16.5. The van der Waals surface area contributed by atoms with Crippen LogP contribution in [0.2, 0.25) is 5.02 Å². The van der Waals surface area contributed by atoms with Gasteiger partial charge in [0.1, 0.15) is 29.3 Å². The molecule has 172 valence electrons. The number of Topliss-reactive ketones (excluding diaryl/α,β-unsaturated/α-hetero) is 1. The number of nitrogens with one attached hydrogen (secondary N) is 2. The van der Waals surface area contributed by atoms with Crippen LogP contribution < -0.4 is 10.6 Å². The van der Waals surface area contributed by atoms with Crippen molar-refractivity contribution in [1.82, 2.24) is 10.6 Å². The Bertz CT molecular complexity index is 1210. The molecule has 1 aliphatic rings. The molecule has 2 amide bonds. The summed E-state index contributed by atoms with van der Waals surface area (Å²) in [7, 11) is 0. The second kappa shape index (κ2) is 8.20. The van der Waals surface area contributed by atoms with E-state index in [0.717, 1.165) is 24.3 Å². The first-order valence-electron chi connectivity index (χ1n) is 9.53. The number of alkyl halides is 3. The van der Waals surface area contributed by atoms with Crippen molar-refractivity contribution < 1.29 is 36.7 Å². The molecule has 4 rings (SSSR count). The maximum atomic E-state index is 13.9. The van der Waals surface area contributed by atoms with Crippen LogP contribution in [0.3, 0.4) is 0 Å². The second-order valence-corrected chi connectivity index (χ2v) is 7.78. The number of amides is 2. The van der Waals surface area contributed by atoms with Crippen LogP contribution in [-0.4, -0.2) is 28.8 Å². The Hall–Kier alpha value is -3.37. The number of carbonyl (C=O) groups excluding carboxylic acids is 2. The lowest BCUT2D eigenvalue weighted by molar-refractivity contribution is -0.288. The SMILES string of the molecule is O=C1N[C@@H](c2ccc(-c3ccccc3Cl)o2)[C@H](C(=O)c2ccc(F)cc2)[C@](O)(C(F)(F)F)N1. The summed E-state index contributed by atoms with van der Waals surface area (Å²) in [5.41, 5.74) is -3.80. The molecule has 1 fully saturated rings. The van der Waals surface area contributed by atoms with E-state index in [4.69, 9.17) is 16.0 Å². The number of rotatable bonds is 4. The molecule has 0 radical (unpaired) electrons. The Balaban J connectivity index is 1.82. The van der Waals surface area contributed by atoms with Crippen molar-refractivity contribution in [1.29, 1.82) is 0 Å². The largest absolute Gasteiger partial charge is 0.459 e. The summed E-state index contributed by atoms with van der Waals surface area (Å²) in [5, 5.41) is 14.5. The highest BCUT2D eigenvalue weighted by molar-refractivity contribution is 6.33. The number of aliphatic hydroxyl groups is 1. The molecule has 33 heavy (non-hydrogen) atoms. The zero-order valence-corrected chi connectivity index (χ0v) is 17.2. The summed E-state index contributed by atoms with van der Waals surface area (Å²) in [6, 6.07) is 9.90. The first kappa shape index (κ1) is 22.8. The normalized spacial score (nSPS) is 23.0. The Morgan fingerprint density at radius 1 is 1.06 bits per heavy atom. The van der Waals surface area contributed by atoms with E-state index in [1.807, 2.05) is 0 Å². The van der Waals surface area contributed by atoms with Crippen LogP contribution in [0.1, 0.15) is 22.2 Å². The number of furan rings is 1. The maximum Gasteiger partial charge on any atom is 0.437 e. The summed E-state index contributed by atoms with van der Waals surface area (Å²) >= 11 is 6.14. The number of hydrogen-bond acceptors (Lipinski definition) is 4. The van der Waals surface area contributed by atoms with Crippen molar-refractivity contribution in [3.05, 3.63) is 82.8 Å².